The lowest BCUT2D eigenvalue weighted by Gasteiger charge is -2.23. The maximum atomic E-state index is 12.7. The zero-order valence-corrected chi connectivity index (χ0v) is 18.3. The number of hydrogen-bond donors (Lipinski definition) is 2. The van der Waals surface area contributed by atoms with Gasteiger partial charge in [0.05, 0.1) is 37.3 Å². The minimum atomic E-state index is -0.191. The van der Waals surface area contributed by atoms with E-state index in [1.165, 1.54) is 0 Å². The first-order valence-electron chi connectivity index (χ1n) is 10.4. The fraction of sp³-hybridized carbons (Fsp3) is 0.250. The second kappa shape index (κ2) is 9.99. The summed E-state index contributed by atoms with van der Waals surface area (Å²) in [6.07, 6.45) is 6.03. The Hall–Kier alpha value is -3.13. The number of aromatic nitrogens is 2. The van der Waals surface area contributed by atoms with Gasteiger partial charge < -0.3 is 19.8 Å². The van der Waals surface area contributed by atoms with Crippen LogP contribution in [0.5, 0.6) is 0 Å². The van der Waals surface area contributed by atoms with Crippen LogP contribution < -0.4 is 10.6 Å². The van der Waals surface area contributed by atoms with E-state index in [4.69, 9.17) is 9.15 Å². The lowest BCUT2D eigenvalue weighted by molar-refractivity contribution is 0.0293. The Bertz CT molecular complexity index is 1180. The zero-order valence-electron chi connectivity index (χ0n) is 17.5. The van der Waals surface area contributed by atoms with Gasteiger partial charge in [-0.25, -0.2) is 0 Å². The summed E-state index contributed by atoms with van der Waals surface area (Å²) in [6, 6.07) is 15.7. The summed E-state index contributed by atoms with van der Waals surface area (Å²) in [4.78, 5) is 12.7. The Kier molecular flexibility index (Phi) is 6.90. The molecule has 1 unspecified atom stereocenters. The first kappa shape index (κ1) is 22.1. The number of nitrogens with zero attached hydrogens (tertiary/aromatic N) is 2. The number of ether oxygens (including phenoxy) is 1. The van der Waals surface area contributed by atoms with E-state index in [1.807, 2.05) is 48.5 Å². The molecule has 8 heteroatoms. The van der Waals surface area contributed by atoms with Gasteiger partial charge in [0.25, 0.3) is 5.91 Å². The maximum Gasteiger partial charge on any atom is 0.258 e. The molecule has 7 nitrogen and oxygen atoms in total. The van der Waals surface area contributed by atoms with Crippen LogP contribution in [-0.4, -0.2) is 41.5 Å². The van der Waals surface area contributed by atoms with Crippen LogP contribution in [-0.2, 0) is 17.7 Å². The van der Waals surface area contributed by atoms with Gasteiger partial charge in [-0.15, -0.1) is 12.4 Å². The van der Waals surface area contributed by atoms with Crippen LogP contribution in [0.1, 0.15) is 21.5 Å². The van der Waals surface area contributed by atoms with Crippen LogP contribution in [0, 0.1) is 0 Å². The SMILES string of the molecule is Cl.O=C(Nc1ccc2occ(CC3CNCCO3)c2c1)c1cnn(Cc2ccccc2)c1. The van der Waals surface area contributed by atoms with Crippen molar-refractivity contribution < 1.29 is 13.9 Å². The van der Waals surface area contributed by atoms with Gasteiger partial charge in [-0.2, -0.15) is 5.10 Å². The van der Waals surface area contributed by atoms with Gasteiger partial charge >= 0.3 is 0 Å². The van der Waals surface area contributed by atoms with E-state index in [0.29, 0.717) is 12.1 Å². The van der Waals surface area contributed by atoms with Crippen LogP contribution in [0.4, 0.5) is 5.69 Å². The van der Waals surface area contributed by atoms with Crippen molar-refractivity contribution in [3.8, 4) is 0 Å². The Morgan fingerprint density at radius 2 is 2.09 bits per heavy atom. The third-order valence-electron chi connectivity index (χ3n) is 5.45. The molecule has 1 fully saturated rings. The van der Waals surface area contributed by atoms with E-state index in [1.54, 1.807) is 23.3 Å². The van der Waals surface area contributed by atoms with E-state index in [0.717, 1.165) is 53.9 Å². The van der Waals surface area contributed by atoms with E-state index in [2.05, 4.69) is 15.7 Å². The largest absolute Gasteiger partial charge is 0.464 e. The summed E-state index contributed by atoms with van der Waals surface area (Å²) in [5, 5.41) is 11.6. The van der Waals surface area contributed by atoms with Gasteiger partial charge in [-0.05, 0) is 23.8 Å². The molecular weight excluding hydrogens is 428 g/mol. The molecule has 0 spiro atoms. The van der Waals surface area contributed by atoms with Crippen LogP contribution in [0.15, 0.2) is 71.6 Å². The van der Waals surface area contributed by atoms with E-state index < -0.39 is 0 Å². The number of anilines is 1. The molecule has 1 amide bonds. The van der Waals surface area contributed by atoms with Gasteiger partial charge in [-0.3, -0.25) is 9.48 Å². The predicted octanol–water partition coefficient (Wildman–Crippen LogP) is 3.88. The average Bonchev–Trinajstić information content (AvgIpc) is 3.43. The van der Waals surface area contributed by atoms with Crippen molar-refractivity contribution in [3.63, 3.8) is 0 Å². The molecule has 1 aliphatic rings. The van der Waals surface area contributed by atoms with Crippen molar-refractivity contribution in [1.29, 1.82) is 0 Å². The van der Waals surface area contributed by atoms with Crippen LogP contribution in [0.3, 0.4) is 0 Å². The molecule has 166 valence electrons. The molecule has 5 rings (SSSR count). The molecule has 3 heterocycles. The molecule has 0 saturated carbocycles. The Morgan fingerprint density at radius 1 is 1.22 bits per heavy atom. The molecule has 4 aromatic rings. The van der Waals surface area contributed by atoms with Gasteiger partial charge in [0.2, 0.25) is 0 Å². The number of amides is 1. The summed E-state index contributed by atoms with van der Waals surface area (Å²) >= 11 is 0. The van der Waals surface area contributed by atoms with Gasteiger partial charge in [-0.1, -0.05) is 30.3 Å². The maximum absolute atomic E-state index is 12.7. The van der Waals surface area contributed by atoms with Gasteiger partial charge in [0.1, 0.15) is 5.58 Å². The average molecular weight is 453 g/mol. The highest BCUT2D eigenvalue weighted by Gasteiger charge is 2.17. The number of fused-ring (bicyclic) bond motifs is 1. The fourth-order valence-corrected chi connectivity index (χ4v) is 3.85. The van der Waals surface area contributed by atoms with Crippen LogP contribution in [0.2, 0.25) is 0 Å². The number of carbonyl (C=O) groups excluding carboxylic acids is 1. The molecular formula is C24H25ClN4O3. The highest BCUT2D eigenvalue weighted by Crippen LogP contribution is 2.26. The molecule has 1 aliphatic heterocycles. The van der Waals surface area contributed by atoms with Crippen molar-refractivity contribution >= 4 is 35.0 Å². The number of morpholine rings is 1. The molecule has 1 saturated heterocycles. The van der Waals surface area contributed by atoms with Gasteiger partial charge in [0, 0.05) is 42.3 Å². The third kappa shape index (κ3) is 5.02. The highest BCUT2D eigenvalue weighted by molar-refractivity contribution is 6.04. The van der Waals surface area contributed by atoms with Gasteiger partial charge in [0.15, 0.2) is 0 Å². The second-order valence-corrected chi connectivity index (χ2v) is 7.74. The minimum absolute atomic E-state index is 0. The summed E-state index contributed by atoms with van der Waals surface area (Å²) in [5.41, 5.74) is 4.25. The summed E-state index contributed by atoms with van der Waals surface area (Å²) < 4.78 is 13.3. The van der Waals surface area contributed by atoms with Crippen LogP contribution >= 0.6 is 12.4 Å². The lowest BCUT2D eigenvalue weighted by atomic mass is 10.1. The molecule has 32 heavy (non-hydrogen) atoms. The molecule has 2 aromatic heterocycles. The summed E-state index contributed by atoms with van der Waals surface area (Å²) in [7, 11) is 0. The zero-order chi connectivity index (χ0) is 21.0. The molecule has 1 atom stereocenters. The van der Waals surface area contributed by atoms with Crippen molar-refractivity contribution in [2.45, 2.75) is 19.1 Å². The second-order valence-electron chi connectivity index (χ2n) is 7.74. The number of rotatable bonds is 6. The van der Waals surface area contributed by atoms with Crippen molar-refractivity contribution in [1.82, 2.24) is 15.1 Å². The fourth-order valence-electron chi connectivity index (χ4n) is 3.85. The molecule has 2 N–H and O–H groups in total. The normalized spacial score (nSPS) is 15.9. The highest BCUT2D eigenvalue weighted by atomic mass is 35.5. The quantitative estimate of drug-likeness (QED) is 0.464. The topological polar surface area (TPSA) is 81.3 Å². The van der Waals surface area contributed by atoms with Crippen molar-refractivity contribution in [3.05, 3.63) is 83.9 Å². The summed E-state index contributed by atoms with van der Waals surface area (Å²) in [5.74, 6) is -0.191. The third-order valence-corrected chi connectivity index (χ3v) is 5.45. The summed E-state index contributed by atoms with van der Waals surface area (Å²) in [6.45, 7) is 3.06. The first-order valence-corrected chi connectivity index (χ1v) is 10.4. The first-order chi connectivity index (χ1) is 15.2. The minimum Gasteiger partial charge on any atom is -0.464 e. The van der Waals surface area contributed by atoms with E-state index >= 15 is 0 Å². The number of nitrogens with one attached hydrogen (secondary N) is 2. The van der Waals surface area contributed by atoms with Crippen molar-refractivity contribution in [2.75, 3.05) is 25.0 Å². The van der Waals surface area contributed by atoms with Crippen molar-refractivity contribution in [2.24, 2.45) is 0 Å². The standard InChI is InChI=1S/C24H24N4O3.ClH/c29-24(19-12-26-28(15-19)14-17-4-2-1-3-5-17)27-20-6-7-23-22(11-20)18(16-31-23)10-21-13-25-8-9-30-21;/h1-7,11-12,15-16,21,25H,8-10,13-14H2,(H,27,29);1H. The molecule has 0 radical (unpaired) electrons. The number of hydrogen-bond acceptors (Lipinski definition) is 5. The Labute approximate surface area is 192 Å². The van der Waals surface area contributed by atoms with E-state index in [9.17, 15) is 4.79 Å². The smallest absolute Gasteiger partial charge is 0.258 e. The van der Waals surface area contributed by atoms with Crippen LogP contribution in [0.25, 0.3) is 11.0 Å². The number of benzene rings is 2. The molecule has 0 aliphatic carbocycles. The monoisotopic (exact) mass is 452 g/mol. The Morgan fingerprint density at radius 3 is 2.91 bits per heavy atom. The number of halogens is 1. The number of carbonyl (C=O) groups is 1. The van der Waals surface area contributed by atoms with E-state index in [-0.39, 0.29) is 24.4 Å². The Balaban J connectivity index is 0.00000245. The lowest BCUT2D eigenvalue weighted by Crippen LogP contribution is -2.39. The molecule has 0 bridgehead atoms. The number of furan rings is 1. The predicted molar refractivity (Wildman–Crippen MR) is 125 cm³/mol. The molecule has 2 aromatic carbocycles.